The van der Waals surface area contributed by atoms with E-state index in [1.54, 1.807) is 0 Å². The first-order valence-corrected chi connectivity index (χ1v) is 5.47. The Hall–Kier alpha value is -1.77. The van der Waals surface area contributed by atoms with Crippen LogP contribution in [0.25, 0.3) is 10.9 Å². The van der Waals surface area contributed by atoms with Crippen LogP contribution in [0.1, 0.15) is 23.5 Å². The molecule has 0 radical (unpaired) electrons. The van der Waals surface area contributed by atoms with E-state index in [-0.39, 0.29) is 11.8 Å². The van der Waals surface area contributed by atoms with Crippen LogP contribution in [0.4, 0.5) is 0 Å². The molecule has 1 aliphatic carbocycles. The number of nitrogens with one attached hydrogen (secondary N) is 1. The Morgan fingerprint density at radius 1 is 1.50 bits per heavy atom. The highest BCUT2D eigenvalue weighted by Gasteiger charge is 2.44. The molecule has 3 heteroatoms. The summed E-state index contributed by atoms with van der Waals surface area (Å²) in [6.45, 7) is 2.06. The van der Waals surface area contributed by atoms with E-state index in [1.165, 1.54) is 10.9 Å². The van der Waals surface area contributed by atoms with Crippen molar-refractivity contribution in [1.82, 2.24) is 4.98 Å². The van der Waals surface area contributed by atoms with Gasteiger partial charge in [-0.2, -0.15) is 0 Å². The average molecular weight is 215 g/mol. The summed E-state index contributed by atoms with van der Waals surface area (Å²) in [5, 5.41) is 10.1. The second-order valence-electron chi connectivity index (χ2n) is 4.56. The molecule has 2 N–H and O–H groups in total. The first-order chi connectivity index (χ1) is 7.66. The predicted octanol–water partition coefficient (Wildman–Crippen LogP) is 2.66. The smallest absolute Gasteiger partial charge is 0.307 e. The molecule has 1 aliphatic rings. The fraction of sp³-hybridized carbons (Fsp3) is 0.308. The number of hydrogen-bond acceptors (Lipinski definition) is 1. The van der Waals surface area contributed by atoms with E-state index in [0.29, 0.717) is 0 Å². The van der Waals surface area contributed by atoms with E-state index < -0.39 is 5.97 Å². The summed E-state index contributed by atoms with van der Waals surface area (Å²) >= 11 is 0. The minimum atomic E-state index is -0.670. The third-order valence-electron chi connectivity index (χ3n) is 3.45. The molecule has 0 bridgehead atoms. The van der Waals surface area contributed by atoms with E-state index in [1.807, 2.05) is 18.3 Å². The topological polar surface area (TPSA) is 53.1 Å². The summed E-state index contributed by atoms with van der Waals surface area (Å²) in [6.07, 6.45) is 2.76. The maximum atomic E-state index is 10.8. The van der Waals surface area contributed by atoms with Crippen LogP contribution < -0.4 is 0 Å². The lowest BCUT2D eigenvalue weighted by atomic mass is 10.1. The van der Waals surface area contributed by atoms with Crippen LogP contribution in [0.15, 0.2) is 24.4 Å². The summed E-state index contributed by atoms with van der Waals surface area (Å²) in [6, 6.07) is 6.19. The van der Waals surface area contributed by atoms with Gasteiger partial charge in [0.15, 0.2) is 0 Å². The maximum absolute atomic E-state index is 10.8. The van der Waals surface area contributed by atoms with E-state index in [2.05, 4.69) is 18.0 Å². The van der Waals surface area contributed by atoms with Crippen LogP contribution in [0, 0.1) is 12.8 Å². The summed E-state index contributed by atoms with van der Waals surface area (Å²) in [7, 11) is 0. The normalized spacial score (nSPS) is 23.6. The quantitative estimate of drug-likeness (QED) is 0.809. The number of fused-ring (bicyclic) bond motifs is 1. The molecule has 0 aliphatic heterocycles. The molecule has 0 saturated heterocycles. The Morgan fingerprint density at radius 2 is 2.31 bits per heavy atom. The number of carboxylic acids is 1. The highest BCUT2D eigenvalue weighted by Crippen LogP contribution is 2.48. The van der Waals surface area contributed by atoms with Gasteiger partial charge in [0.1, 0.15) is 0 Å². The number of H-pyrrole nitrogens is 1. The number of carboxylic acid groups (broad SMARTS) is 1. The number of rotatable bonds is 2. The molecule has 3 rings (SSSR count). The Bertz CT molecular complexity index is 570. The van der Waals surface area contributed by atoms with Gasteiger partial charge in [-0.25, -0.2) is 0 Å². The Balaban J connectivity index is 2.00. The molecule has 1 fully saturated rings. The molecule has 2 atom stereocenters. The fourth-order valence-corrected chi connectivity index (χ4v) is 2.34. The van der Waals surface area contributed by atoms with Crippen molar-refractivity contribution >= 4 is 16.9 Å². The number of aromatic nitrogens is 1. The number of aryl methyl sites for hydroxylation is 1. The minimum Gasteiger partial charge on any atom is -0.481 e. The van der Waals surface area contributed by atoms with Crippen LogP contribution >= 0.6 is 0 Å². The fourth-order valence-electron chi connectivity index (χ4n) is 2.34. The molecule has 1 aromatic carbocycles. The number of carbonyl (C=O) groups is 1. The van der Waals surface area contributed by atoms with Crippen molar-refractivity contribution in [3.8, 4) is 0 Å². The molecular formula is C13H13NO2. The van der Waals surface area contributed by atoms with Crippen molar-refractivity contribution in [2.75, 3.05) is 0 Å². The third kappa shape index (κ3) is 1.32. The summed E-state index contributed by atoms with van der Waals surface area (Å²) in [5.41, 5.74) is 3.49. The van der Waals surface area contributed by atoms with Crippen LogP contribution in [-0.4, -0.2) is 16.1 Å². The van der Waals surface area contributed by atoms with Crippen LogP contribution in [-0.2, 0) is 4.79 Å². The molecule has 0 spiro atoms. The minimum absolute atomic E-state index is 0.170. The van der Waals surface area contributed by atoms with E-state index >= 15 is 0 Å². The van der Waals surface area contributed by atoms with Gasteiger partial charge in [-0.1, -0.05) is 6.07 Å². The third-order valence-corrected chi connectivity index (χ3v) is 3.45. The Labute approximate surface area is 93.1 Å². The summed E-state index contributed by atoms with van der Waals surface area (Å²) in [4.78, 5) is 14.0. The van der Waals surface area contributed by atoms with Gasteiger partial charge >= 0.3 is 5.97 Å². The highest BCUT2D eigenvalue weighted by molar-refractivity contribution is 5.84. The zero-order valence-corrected chi connectivity index (χ0v) is 9.03. The number of aliphatic carboxylic acids is 1. The second kappa shape index (κ2) is 3.11. The highest BCUT2D eigenvalue weighted by atomic mass is 16.4. The molecule has 0 amide bonds. The van der Waals surface area contributed by atoms with Gasteiger partial charge in [0, 0.05) is 17.1 Å². The second-order valence-corrected chi connectivity index (χ2v) is 4.56. The van der Waals surface area contributed by atoms with Gasteiger partial charge in [-0.05, 0) is 42.5 Å². The van der Waals surface area contributed by atoms with Crippen molar-refractivity contribution in [2.24, 2.45) is 5.92 Å². The standard InChI is InChI=1S/C13H13NO2/c1-7-6-14-12-3-2-8(4-9(7)12)10-5-11(10)13(15)16/h2-4,6,10-11,14H,5H2,1H3,(H,15,16). The van der Waals surface area contributed by atoms with Crippen molar-refractivity contribution in [3.05, 3.63) is 35.5 Å². The van der Waals surface area contributed by atoms with Gasteiger partial charge < -0.3 is 10.1 Å². The SMILES string of the molecule is Cc1c[nH]c2ccc(C3CC3C(=O)O)cc12. The molecule has 82 valence electrons. The van der Waals surface area contributed by atoms with Crippen molar-refractivity contribution < 1.29 is 9.90 Å². The maximum Gasteiger partial charge on any atom is 0.307 e. The van der Waals surface area contributed by atoms with Crippen LogP contribution in [0.5, 0.6) is 0 Å². The van der Waals surface area contributed by atoms with Gasteiger partial charge in [0.25, 0.3) is 0 Å². The molecule has 2 unspecified atom stereocenters. The summed E-state index contributed by atoms with van der Waals surface area (Å²) < 4.78 is 0. The number of benzene rings is 1. The lowest BCUT2D eigenvalue weighted by Crippen LogP contribution is -1.98. The lowest BCUT2D eigenvalue weighted by Gasteiger charge is -1.99. The molecule has 1 saturated carbocycles. The first kappa shape index (κ1) is 9.46. The average Bonchev–Trinajstić information content (AvgIpc) is 2.99. The number of hydrogen-bond donors (Lipinski definition) is 2. The van der Waals surface area contributed by atoms with Crippen molar-refractivity contribution in [1.29, 1.82) is 0 Å². The van der Waals surface area contributed by atoms with Gasteiger partial charge in [0.2, 0.25) is 0 Å². The molecule has 2 aromatic rings. The zero-order chi connectivity index (χ0) is 11.3. The van der Waals surface area contributed by atoms with E-state index in [0.717, 1.165) is 17.5 Å². The van der Waals surface area contributed by atoms with Gasteiger partial charge in [0.05, 0.1) is 5.92 Å². The predicted molar refractivity (Wildman–Crippen MR) is 61.5 cm³/mol. The largest absolute Gasteiger partial charge is 0.481 e. The van der Waals surface area contributed by atoms with Gasteiger partial charge in [-0.3, -0.25) is 4.79 Å². The molecule has 3 nitrogen and oxygen atoms in total. The van der Waals surface area contributed by atoms with E-state index in [4.69, 9.17) is 5.11 Å². The van der Waals surface area contributed by atoms with Crippen LogP contribution in [0.2, 0.25) is 0 Å². The Kier molecular flexibility index (Phi) is 1.84. The number of aromatic amines is 1. The van der Waals surface area contributed by atoms with Crippen molar-refractivity contribution in [2.45, 2.75) is 19.3 Å². The molecule has 16 heavy (non-hydrogen) atoms. The lowest BCUT2D eigenvalue weighted by molar-refractivity contribution is -0.138. The molecule has 1 heterocycles. The Morgan fingerprint density at radius 3 is 3.00 bits per heavy atom. The monoisotopic (exact) mass is 215 g/mol. The molecule has 1 aromatic heterocycles. The molecular weight excluding hydrogens is 202 g/mol. The zero-order valence-electron chi connectivity index (χ0n) is 9.03. The first-order valence-electron chi connectivity index (χ1n) is 5.47. The van der Waals surface area contributed by atoms with Crippen LogP contribution in [0.3, 0.4) is 0 Å². The summed E-state index contributed by atoms with van der Waals surface area (Å²) in [5.74, 6) is -0.621. The van der Waals surface area contributed by atoms with E-state index in [9.17, 15) is 4.79 Å². The van der Waals surface area contributed by atoms with Crippen molar-refractivity contribution in [3.63, 3.8) is 0 Å². The van der Waals surface area contributed by atoms with Gasteiger partial charge in [-0.15, -0.1) is 0 Å².